The van der Waals surface area contributed by atoms with Gasteiger partial charge in [0.05, 0.1) is 29.1 Å². The van der Waals surface area contributed by atoms with E-state index in [0.717, 1.165) is 30.1 Å². The fraction of sp³-hybridized carbons (Fsp3) is 0.381. The topological polar surface area (TPSA) is 111 Å². The Balaban J connectivity index is 1.70. The standard InChI is InChI=1S/C21H28N6O3S/c1-4-6-20-23-15-19(27(20)3)18-11-12-22-21(26-18)25-16-7-9-17(10-8-16)31(28,29)24-13-14-30-5-2/h7-12,15,24H,4-6,13-14H2,1-3H3,(H,22,25,26). The minimum absolute atomic E-state index is 0.183. The predicted molar refractivity (Wildman–Crippen MR) is 120 cm³/mol. The molecule has 0 radical (unpaired) electrons. The highest BCUT2D eigenvalue weighted by Crippen LogP contribution is 2.21. The number of sulfonamides is 1. The number of aryl methyl sites for hydroxylation is 1. The van der Waals surface area contributed by atoms with E-state index < -0.39 is 10.0 Å². The summed E-state index contributed by atoms with van der Waals surface area (Å²) in [6.07, 6.45) is 5.42. The molecule has 166 valence electrons. The van der Waals surface area contributed by atoms with Gasteiger partial charge in [0.15, 0.2) is 0 Å². The zero-order chi connectivity index (χ0) is 22.3. The number of anilines is 2. The van der Waals surface area contributed by atoms with E-state index in [2.05, 4.69) is 31.9 Å². The third-order valence-corrected chi connectivity index (χ3v) is 6.12. The molecule has 2 heterocycles. The molecule has 0 fully saturated rings. The fourth-order valence-corrected chi connectivity index (χ4v) is 4.04. The minimum Gasteiger partial charge on any atom is -0.380 e. The largest absolute Gasteiger partial charge is 0.380 e. The summed E-state index contributed by atoms with van der Waals surface area (Å²) in [5.41, 5.74) is 2.35. The van der Waals surface area contributed by atoms with Crippen LogP contribution in [-0.4, -0.2) is 47.7 Å². The second-order valence-corrected chi connectivity index (χ2v) is 8.65. The smallest absolute Gasteiger partial charge is 0.240 e. The van der Waals surface area contributed by atoms with E-state index in [4.69, 9.17) is 4.74 Å². The molecule has 0 saturated heterocycles. The first-order chi connectivity index (χ1) is 14.9. The quantitative estimate of drug-likeness (QED) is 0.438. The van der Waals surface area contributed by atoms with Gasteiger partial charge in [0.1, 0.15) is 5.82 Å². The fourth-order valence-electron chi connectivity index (χ4n) is 3.03. The number of hydrogen-bond donors (Lipinski definition) is 2. The third-order valence-electron chi connectivity index (χ3n) is 4.64. The van der Waals surface area contributed by atoms with Crippen molar-refractivity contribution in [2.75, 3.05) is 25.1 Å². The second-order valence-electron chi connectivity index (χ2n) is 6.88. The zero-order valence-electron chi connectivity index (χ0n) is 18.0. The lowest BCUT2D eigenvalue weighted by atomic mass is 10.3. The van der Waals surface area contributed by atoms with Crippen LogP contribution in [-0.2, 0) is 28.2 Å². The van der Waals surface area contributed by atoms with Gasteiger partial charge in [0.2, 0.25) is 16.0 Å². The SMILES string of the molecule is CCCc1ncc(-c2ccnc(Nc3ccc(S(=O)(=O)NCCOCC)cc3)n2)n1C. The molecule has 9 nitrogen and oxygen atoms in total. The molecule has 0 aliphatic heterocycles. The van der Waals surface area contributed by atoms with Crippen LogP contribution >= 0.6 is 0 Å². The maximum Gasteiger partial charge on any atom is 0.240 e. The summed E-state index contributed by atoms with van der Waals surface area (Å²) in [5, 5.41) is 3.12. The number of nitrogens with zero attached hydrogens (tertiary/aromatic N) is 4. The van der Waals surface area contributed by atoms with Crippen molar-refractivity contribution < 1.29 is 13.2 Å². The van der Waals surface area contributed by atoms with E-state index in [9.17, 15) is 8.42 Å². The van der Waals surface area contributed by atoms with E-state index >= 15 is 0 Å². The van der Waals surface area contributed by atoms with E-state index in [-0.39, 0.29) is 11.4 Å². The van der Waals surface area contributed by atoms with Gasteiger partial charge >= 0.3 is 0 Å². The van der Waals surface area contributed by atoms with Gasteiger partial charge in [-0.25, -0.2) is 28.1 Å². The molecule has 10 heteroatoms. The lowest BCUT2D eigenvalue weighted by molar-refractivity contribution is 0.153. The highest BCUT2D eigenvalue weighted by atomic mass is 32.2. The number of ether oxygens (including phenoxy) is 1. The maximum absolute atomic E-state index is 12.3. The Hall–Kier alpha value is -2.82. The maximum atomic E-state index is 12.3. The normalized spacial score (nSPS) is 11.6. The number of hydrogen-bond acceptors (Lipinski definition) is 7. The van der Waals surface area contributed by atoms with E-state index in [0.29, 0.717) is 24.8 Å². The van der Waals surface area contributed by atoms with Crippen LogP contribution in [0.2, 0.25) is 0 Å². The summed E-state index contributed by atoms with van der Waals surface area (Å²) >= 11 is 0. The van der Waals surface area contributed by atoms with E-state index in [1.807, 2.05) is 30.8 Å². The number of aromatic nitrogens is 4. The molecule has 3 rings (SSSR count). The van der Waals surface area contributed by atoms with Crippen molar-refractivity contribution in [1.82, 2.24) is 24.2 Å². The highest BCUT2D eigenvalue weighted by Gasteiger charge is 2.14. The third kappa shape index (κ3) is 5.87. The van der Waals surface area contributed by atoms with Gasteiger partial charge in [-0.2, -0.15) is 0 Å². The van der Waals surface area contributed by atoms with Crippen molar-refractivity contribution >= 4 is 21.7 Å². The van der Waals surface area contributed by atoms with Gasteiger partial charge in [-0.1, -0.05) is 6.92 Å². The van der Waals surface area contributed by atoms with Crippen LogP contribution in [0, 0.1) is 0 Å². The van der Waals surface area contributed by atoms with Crippen LogP contribution in [0.15, 0.2) is 47.6 Å². The second kappa shape index (κ2) is 10.5. The average molecular weight is 445 g/mol. The Morgan fingerprint density at radius 3 is 2.58 bits per heavy atom. The molecule has 0 saturated carbocycles. The molecule has 2 N–H and O–H groups in total. The zero-order valence-corrected chi connectivity index (χ0v) is 18.8. The van der Waals surface area contributed by atoms with E-state index in [1.165, 1.54) is 12.1 Å². The first-order valence-corrected chi connectivity index (χ1v) is 11.7. The molecule has 0 unspecified atom stereocenters. The molecule has 2 aromatic heterocycles. The summed E-state index contributed by atoms with van der Waals surface area (Å²) in [4.78, 5) is 13.5. The first-order valence-electron chi connectivity index (χ1n) is 10.2. The summed E-state index contributed by atoms with van der Waals surface area (Å²) in [5.74, 6) is 1.43. The van der Waals surface area contributed by atoms with Crippen molar-refractivity contribution in [2.24, 2.45) is 7.05 Å². The monoisotopic (exact) mass is 444 g/mol. The Kier molecular flexibility index (Phi) is 7.72. The number of imidazole rings is 1. The summed E-state index contributed by atoms with van der Waals surface area (Å²) in [7, 11) is -1.60. The van der Waals surface area contributed by atoms with E-state index in [1.54, 1.807) is 18.3 Å². The Morgan fingerprint density at radius 2 is 1.87 bits per heavy atom. The first kappa shape index (κ1) is 22.9. The van der Waals surface area contributed by atoms with Crippen LogP contribution < -0.4 is 10.0 Å². The molecule has 0 spiro atoms. The molecule has 31 heavy (non-hydrogen) atoms. The van der Waals surface area contributed by atoms with Gasteiger partial charge in [0, 0.05) is 38.5 Å². The molecule has 0 bridgehead atoms. The van der Waals surface area contributed by atoms with Crippen LogP contribution in [0.5, 0.6) is 0 Å². The minimum atomic E-state index is -3.58. The summed E-state index contributed by atoms with van der Waals surface area (Å²) in [6.45, 7) is 5.09. The average Bonchev–Trinajstić information content (AvgIpc) is 3.12. The highest BCUT2D eigenvalue weighted by molar-refractivity contribution is 7.89. The summed E-state index contributed by atoms with van der Waals surface area (Å²) in [6, 6.07) is 8.26. The van der Waals surface area contributed by atoms with Crippen molar-refractivity contribution in [3.05, 3.63) is 48.5 Å². The molecular weight excluding hydrogens is 416 g/mol. The van der Waals surface area contributed by atoms with Crippen molar-refractivity contribution in [2.45, 2.75) is 31.6 Å². The Labute approximate surface area is 183 Å². The van der Waals surface area contributed by atoms with Gasteiger partial charge in [0.25, 0.3) is 0 Å². The Morgan fingerprint density at radius 1 is 1.10 bits per heavy atom. The van der Waals surface area contributed by atoms with Crippen molar-refractivity contribution in [3.63, 3.8) is 0 Å². The molecule has 1 aromatic carbocycles. The van der Waals surface area contributed by atoms with Gasteiger partial charge in [-0.05, 0) is 43.7 Å². The molecule has 3 aromatic rings. The lowest BCUT2D eigenvalue weighted by Gasteiger charge is -2.10. The molecular formula is C21H28N6O3S. The summed E-state index contributed by atoms with van der Waals surface area (Å²) < 4.78 is 34.4. The molecule has 0 atom stereocenters. The van der Waals surface area contributed by atoms with Gasteiger partial charge in [-0.3, -0.25) is 0 Å². The van der Waals surface area contributed by atoms with Crippen molar-refractivity contribution in [3.8, 4) is 11.4 Å². The lowest BCUT2D eigenvalue weighted by Crippen LogP contribution is -2.27. The molecule has 0 amide bonds. The number of nitrogens with one attached hydrogen (secondary N) is 2. The predicted octanol–water partition coefficient (Wildman–Crippen LogP) is 2.89. The number of rotatable bonds is 11. The molecule has 0 aliphatic carbocycles. The van der Waals surface area contributed by atoms with Crippen LogP contribution in [0.4, 0.5) is 11.6 Å². The van der Waals surface area contributed by atoms with Crippen LogP contribution in [0.25, 0.3) is 11.4 Å². The van der Waals surface area contributed by atoms with Crippen LogP contribution in [0.3, 0.4) is 0 Å². The Bertz CT molecular complexity index is 1100. The van der Waals surface area contributed by atoms with Crippen molar-refractivity contribution in [1.29, 1.82) is 0 Å². The van der Waals surface area contributed by atoms with Gasteiger partial charge in [-0.15, -0.1) is 0 Å². The van der Waals surface area contributed by atoms with Crippen LogP contribution in [0.1, 0.15) is 26.1 Å². The number of benzene rings is 1. The van der Waals surface area contributed by atoms with Gasteiger partial charge < -0.3 is 14.6 Å². The molecule has 0 aliphatic rings.